The number of hydrogen-bond acceptors (Lipinski definition) is 3. The van der Waals surface area contributed by atoms with E-state index in [1.165, 1.54) is 0 Å². The van der Waals surface area contributed by atoms with Crippen molar-refractivity contribution in [3.05, 3.63) is 23.2 Å². The SMILES string of the molecule is CC[C@H](N)C(=O)Nc1cc(OC)ccc1Cl. The number of anilines is 1. The third kappa shape index (κ3) is 3.12. The molecule has 3 N–H and O–H groups in total. The molecule has 5 heteroatoms. The quantitative estimate of drug-likeness (QED) is 0.849. The van der Waals surface area contributed by atoms with Crippen LogP contribution in [0.4, 0.5) is 5.69 Å². The van der Waals surface area contributed by atoms with Gasteiger partial charge in [0.25, 0.3) is 0 Å². The number of methoxy groups -OCH3 is 1. The molecular weight excluding hydrogens is 228 g/mol. The van der Waals surface area contributed by atoms with Gasteiger partial charge in [-0.15, -0.1) is 0 Å². The summed E-state index contributed by atoms with van der Waals surface area (Å²) in [5.74, 6) is 0.377. The number of carbonyl (C=O) groups is 1. The van der Waals surface area contributed by atoms with Crippen molar-refractivity contribution in [1.29, 1.82) is 0 Å². The number of benzene rings is 1. The average molecular weight is 243 g/mol. The van der Waals surface area contributed by atoms with Crippen molar-refractivity contribution < 1.29 is 9.53 Å². The van der Waals surface area contributed by atoms with Crippen LogP contribution in [0, 0.1) is 0 Å². The molecule has 1 aromatic carbocycles. The van der Waals surface area contributed by atoms with E-state index in [0.29, 0.717) is 22.9 Å². The molecule has 16 heavy (non-hydrogen) atoms. The van der Waals surface area contributed by atoms with Crippen molar-refractivity contribution in [3.63, 3.8) is 0 Å². The van der Waals surface area contributed by atoms with Crippen molar-refractivity contribution in [3.8, 4) is 5.75 Å². The van der Waals surface area contributed by atoms with Crippen LogP contribution in [-0.4, -0.2) is 19.1 Å². The number of halogens is 1. The highest BCUT2D eigenvalue weighted by molar-refractivity contribution is 6.33. The lowest BCUT2D eigenvalue weighted by atomic mass is 10.2. The first-order chi connectivity index (χ1) is 7.58. The Hall–Kier alpha value is -1.26. The van der Waals surface area contributed by atoms with E-state index in [2.05, 4.69) is 5.32 Å². The molecule has 0 aliphatic rings. The smallest absolute Gasteiger partial charge is 0.241 e. The summed E-state index contributed by atoms with van der Waals surface area (Å²) in [5.41, 5.74) is 6.11. The van der Waals surface area contributed by atoms with Crippen LogP contribution in [0.5, 0.6) is 5.75 Å². The molecular formula is C11H15ClN2O2. The summed E-state index contributed by atoms with van der Waals surface area (Å²) in [6.45, 7) is 1.84. The molecule has 1 aromatic rings. The minimum absolute atomic E-state index is 0.252. The van der Waals surface area contributed by atoms with Gasteiger partial charge < -0.3 is 15.8 Å². The van der Waals surface area contributed by atoms with Crippen LogP contribution in [0.25, 0.3) is 0 Å². The zero-order chi connectivity index (χ0) is 12.1. The van der Waals surface area contributed by atoms with Gasteiger partial charge in [0.15, 0.2) is 0 Å². The summed E-state index contributed by atoms with van der Waals surface area (Å²) in [7, 11) is 1.55. The number of nitrogens with one attached hydrogen (secondary N) is 1. The zero-order valence-electron chi connectivity index (χ0n) is 9.29. The van der Waals surface area contributed by atoms with Gasteiger partial charge in [0, 0.05) is 6.07 Å². The van der Waals surface area contributed by atoms with Gasteiger partial charge in [-0.2, -0.15) is 0 Å². The lowest BCUT2D eigenvalue weighted by Gasteiger charge is -2.12. The number of hydrogen-bond donors (Lipinski definition) is 2. The molecule has 0 saturated heterocycles. The van der Waals surface area contributed by atoms with Gasteiger partial charge in [0.05, 0.1) is 23.9 Å². The Morgan fingerprint density at radius 1 is 1.62 bits per heavy atom. The van der Waals surface area contributed by atoms with Crippen molar-refractivity contribution in [2.24, 2.45) is 5.73 Å². The second-order valence-corrected chi connectivity index (χ2v) is 3.76. The molecule has 0 heterocycles. The highest BCUT2D eigenvalue weighted by Crippen LogP contribution is 2.26. The maximum Gasteiger partial charge on any atom is 0.241 e. The maximum atomic E-state index is 11.6. The Morgan fingerprint density at radius 2 is 2.31 bits per heavy atom. The minimum Gasteiger partial charge on any atom is -0.497 e. The van der Waals surface area contributed by atoms with Crippen LogP contribution < -0.4 is 15.8 Å². The number of nitrogens with two attached hydrogens (primary N) is 1. The van der Waals surface area contributed by atoms with Crippen LogP contribution in [0.1, 0.15) is 13.3 Å². The molecule has 1 amide bonds. The molecule has 1 atom stereocenters. The molecule has 0 unspecified atom stereocenters. The summed E-state index contributed by atoms with van der Waals surface area (Å²) in [5, 5.41) is 3.12. The highest BCUT2D eigenvalue weighted by atomic mass is 35.5. The minimum atomic E-state index is -0.526. The van der Waals surface area contributed by atoms with Gasteiger partial charge in [-0.3, -0.25) is 4.79 Å². The molecule has 0 aromatic heterocycles. The van der Waals surface area contributed by atoms with E-state index in [9.17, 15) is 4.79 Å². The highest BCUT2D eigenvalue weighted by Gasteiger charge is 2.13. The summed E-state index contributed by atoms with van der Waals surface area (Å²) >= 11 is 5.93. The summed E-state index contributed by atoms with van der Waals surface area (Å²) in [6.07, 6.45) is 0.577. The van der Waals surface area contributed by atoms with Gasteiger partial charge in [-0.1, -0.05) is 18.5 Å². The fourth-order valence-electron chi connectivity index (χ4n) is 1.14. The molecule has 0 fully saturated rings. The van der Waals surface area contributed by atoms with E-state index in [0.717, 1.165) is 0 Å². The predicted molar refractivity (Wildman–Crippen MR) is 64.9 cm³/mol. The van der Waals surface area contributed by atoms with Gasteiger partial charge >= 0.3 is 0 Å². The van der Waals surface area contributed by atoms with Crippen LogP contribution in [0.3, 0.4) is 0 Å². The Morgan fingerprint density at radius 3 is 2.88 bits per heavy atom. The van der Waals surface area contributed by atoms with E-state index in [1.807, 2.05) is 6.92 Å². The monoisotopic (exact) mass is 242 g/mol. The largest absolute Gasteiger partial charge is 0.497 e. The standard InChI is InChI=1S/C11H15ClN2O2/c1-3-9(13)11(15)14-10-6-7(16-2)4-5-8(10)12/h4-6,9H,3,13H2,1-2H3,(H,14,15)/t9-/m0/s1. The predicted octanol–water partition coefficient (Wildman–Crippen LogP) is 2.02. The summed E-state index contributed by atoms with van der Waals surface area (Å²) < 4.78 is 5.04. The first kappa shape index (κ1) is 12.8. The molecule has 0 bridgehead atoms. The van der Waals surface area contributed by atoms with Crippen LogP contribution >= 0.6 is 11.6 Å². The Bertz CT molecular complexity index is 382. The molecule has 0 aliphatic carbocycles. The van der Waals surface area contributed by atoms with Gasteiger partial charge in [0.2, 0.25) is 5.91 Å². The molecule has 88 valence electrons. The number of carbonyl (C=O) groups excluding carboxylic acids is 1. The third-order valence-corrected chi connectivity index (χ3v) is 2.54. The second-order valence-electron chi connectivity index (χ2n) is 3.35. The maximum absolute atomic E-state index is 11.6. The second kappa shape index (κ2) is 5.72. The Balaban J connectivity index is 2.83. The number of ether oxygens (including phenoxy) is 1. The normalized spacial score (nSPS) is 12.0. The van der Waals surface area contributed by atoms with Crippen LogP contribution in [0.2, 0.25) is 5.02 Å². The van der Waals surface area contributed by atoms with Gasteiger partial charge in [-0.25, -0.2) is 0 Å². The Kier molecular flexibility index (Phi) is 4.58. The van der Waals surface area contributed by atoms with E-state index in [4.69, 9.17) is 22.1 Å². The van der Waals surface area contributed by atoms with Gasteiger partial charge in [0.1, 0.15) is 5.75 Å². The van der Waals surface area contributed by atoms with E-state index < -0.39 is 6.04 Å². The third-order valence-electron chi connectivity index (χ3n) is 2.21. The van der Waals surface area contributed by atoms with Crippen LogP contribution in [0.15, 0.2) is 18.2 Å². The molecule has 0 aliphatic heterocycles. The number of amides is 1. The lowest BCUT2D eigenvalue weighted by molar-refractivity contribution is -0.117. The lowest BCUT2D eigenvalue weighted by Crippen LogP contribution is -2.34. The van der Waals surface area contributed by atoms with Crippen molar-refractivity contribution in [2.45, 2.75) is 19.4 Å². The van der Waals surface area contributed by atoms with E-state index in [-0.39, 0.29) is 5.91 Å². The molecule has 0 saturated carbocycles. The van der Waals surface area contributed by atoms with Crippen LogP contribution in [-0.2, 0) is 4.79 Å². The fraction of sp³-hybridized carbons (Fsp3) is 0.364. The molecule has 4 nitrogen and oxygen atoms in total. The molecule has 1 rings (SSSR count). The number of rotatable bonds is 4. The fourth-order valence-corrected chi connectivity index (χ4v) is 1.30. The topological polar surface area (TPSA) is 64.4 Å². The van der Waals surface area contributed by atoms with Crippen molar-refractivity contribution >= 4 is 23.2 Å². The van der Waals surface area contributed by atoms with Crippen molar-refractivity contribution in [2.75, 3.05) is 12.4 Å². The van der Waals surface area contributed by atoms with Gasteiger partial charge in [-0.05, 0) is 18.6 Å². The van der Waals surface area contributed by atoms with E-state index >= 15 is 0 Å². The molecule has 0 spiro atoms. The summed E-state index contributed by atoms with van der Waals surface area (Å²) in [4.78, 5) is 11.6. The van der Waals surface area contributed by atoms with Crippen molar-refractivity contribution in [1.82, 2.24) is 0 Å². The Labute approximate surface area is 99.7 Å². The first-order valence-electron chi connectivity index (χ1n) is 4.98. The van der Waals surface area contributed by atoms with E-state index in [1.54, 1.807) is 25.3 Å². The summed E-state index contributed by atoms with van der Waals surface area (Å²) in [6, 6.07) is 4.51. The molecule has 0 radical (unpaired) electrons. The zero-order valence-corrected chi connectivity index (χ0v) is 10.0. The average Bonchev–Trinajstić information content (AvgIpc) is 2.30. The first-order valence-corrected chi connectivity index (χ1v) is 5.36.